The Morgan fingerprint density at radius 3 is 2.28 bits per heavy atom. The largest absolute Gasteiger partial charge is 0.366 e. The molecule has 1 aromatic carbocycles. The molecule has 3 aromatic rings. The quantitative estimate of drug-likeness (QED) is 0.612. The second-order valence-electron chi connectivity index (χ2n) is 8.04. The highest BCUT2D eigenvalue weighted by Crippen LogP contribution is 2.24. The number of carbonyl (C=O) groups excluding carboxylic acids is 1. The van der Waals surface area contributed by atoms with Gasteiger partial charge in [0.05, 0.1) is 5.56 Å². The monoisotopic (exact) mass is 432 g/mol. The first kappa shape index (κ1) is 21.4. The normalized spacial score (nSPS) is 13.7. The first-order valence-electron chi connectivity index (χ1n) is 10.5. The molecule has 0 aliphatic carbocycles. The van der Waals surface area contributed by atoms with E-state index in [0.29, 0.717) is 11.5 Å². The van der Waals surface area contributed by atoms with Crippen LogP contribution in [0.15, 0.2) is 48.7 Å². The lowest BCUT2D eigenvalue weighted by atomic mass is 10.2. The highest BCUT2D eigenvalue weighted by molar-refractivity contribution is 5.92. The zero-order valence-electron chi connectivity index (χ0n) is 18.6. The molecular weight excluding hydrogens is 404 g/mol. The molecule has 9 heteroatoms. The molecule has 0 bridgehead atoms. The third-order valence-corrected chi connectivity index (χ3v) is 5.40. The molecule has 4 rings (SSSR count). The smallest absolute Gasteiger partial charge is 0.250 e. The number of carbonyl (C=O) groups is 1. The first-order valence-corrected chi connectivity index (χ1v) is 10.5. The lowest BCUT2D eigenvalue weighted by Gasteiger charge is -2.35. The van der Waals surface area contributed by atoms with Crippen molar-refractivity contribution in [2.24, 2.45) is 5.73 Å². The SMILES string of the molecule is Cc1ccc(Nc2cc(N(C)C)nc(N3CCN(c4ccc(C(N)=O)cn4)CC3)n2)cc1. The van der Waals surface area contributed by atoms with Crippen LogP contribution in [0, 0.1) is 6.92 Å². The van der Waals surface area contributed by atoms with Crippen LogP contribution in [0.2, 0.25) is 0 Å². The van der Waals surface area contributed by atoms with Crippen molar-refractivity contribution in [3.8, 4) is 0 Å². The second-order valence-corrected chi connectivity index (χ2v) is 8.04. The zero-order chi connectivity index (χ0) is 22.7. The van der Waals surface area contributed by atoms with E-state index in [-0.39, 0.29) is 0 Å². The van der Waals surface area contributed by atoms with Crippen LogP contribution in [0.1, 0.15) is 15.9 Å². The molecule has 1 fully saturated rings. The average molecular weight is 433 g/mol. The van der Waals surface area contributed by atoms with Gasteiger partial charge in [0.25, 0.3) is 0 Å². The molecule has 1 saturated heterocycles. The predicted octanol–water partition coefficient (Wildman–Crippen LogP) is 2.42. The van der Waals surface area contributed by atoms with Crippen LogP contribution in [0.4, 0.5) is 29.1 Å². The highest BCUT2D eigenvalue weighted by atomic mass is 16.1. The molecule has 166 valence electrons. The van der Waals surface area contributed by atoms with Gasteiger partial charge in [-0.3, -0.25) is 4.79 Å². The Labute approximate surface area is 187 Å². The minimum atomic E-state index is -0.471. The number of amides is 1. The predicted molar refractivity (Wildman–Crippen MR) is 128 cm³/mol. The summed E-state index contributed by atoms with van der Waals surface area (Å²) in [5.74, 6) is 2.66. The summed E-state index contributed by atoms with van der Waals surface area (Å²) in [6, 6.07) is 13.7. The van der Waals surface area contributed by atoms with Crippen molar-refractivity contribution in [1.82, 2.24) is 15.0 Å². The van der Waals surface area contributed by atoms with Crippen molar-refractivity contribution >= 4 is 35.0 Å². The van der Waals surface area contributed by atoms with E-state index >= 15 is 0 Å². The minimum Gasteiger partial charge on any atom is -0.366 e. The topological polar surface area (TPSA) is 104 Å². The summed E-state index contributed by atoms with van der Waals surface area (Å²) < 4.78 is 0. The fourth-order valence-electron chi connectivity index (χ4n) is 3.50. The molecule has 0 radical (unpaired) electrons. The fraction of sp³-hybridized carbons (Fsp3) is 0.304. The van der Waals surface area contributed by atoms with Crippen molar-refractivity contribution < 1.29 is 4.79 Å². The van der Waals surface area contributed by atoms with Gasteiger partial charge >= 0.3 is 0 Å². The van der Waals surface area contributed by atoms with Crippen LogP contribution < -0.4 is 25.8 Å². The lowest BCUT2D eigenvalue weighted by Crippen LogP contribution is -2.47. The van der Waals surface area contributed by atoms with Crippen LogP contribution in [-0.2, 0) is 0 Å². The molecule has 0 atom stereocenters. The van der Waals surface area contributed by atoms with Crippen molar-refractivity contribution in [2.45, 2.75) is 6.92 Å². The number of nitrogens with two attached hydrogens (primary N) is 1. The number of rotatable bonds is 6. The Balaban J connectivity index is 1.48. The molecule has 0 spiro atoms. The van der Waals surface area contributed by atoms with Crippen LogP contribution >= 0.6 is 0 Å². The average Bonchev–Trinajstić information content (AvgIpc) is 2.80. The summed E-state index contributed by atoms with van der Waals surface area (Å²) in [6.07, 6.45) is 1.52. The summed E-state index contributed by atoms with van der Waals surface area (Å²) in [4.78, 5) is 31.5. The highest BCUT2D eigenvalue weighted by Gasteiger charge is 2.21. The van der Waals surface area contributed by atoms with Crippen LogP contribution in [0.5, 0.6) is 0 Å². The molecule has 1 amide bonds. The van der Waals surface area contributed by atoms with E-state index in [1.165, 1.54) is 11.8 Å². The van der Waals surface area contributed by atoms with Gasteiger partial charge in [-0.15, -0.1) is 0 Å². The number of anilines is 5. The van der Waals surface area contributed by atoms with Crippen molar-refractivity contribution in [3.63, 3.8) is 0 Å². The van der Waals surface area contributed by atoms with Gasteiger partial charge < -0.3 is 25.8 Å². The van der Waals surface area contributed by atoms with Crippen molar-refractivity contribution in [1.29, 1.82) is 0 Å². The fourth-order valence-corrected chi connectivity index (χ4v) is 3.50. The van der Waals surface area contributed by atoms with Gasteiger partial charge in [0.1, 0.15) is 17.5 Å². The molecule has 0 unspecified atom stereocenters. The van der Waals surface area contributed by atoms with Crippen molar-refractivity contribution in [3.05, 3.63) is 59.8 Å². The Bertz CT molecular complexity index is 1070. The Morgan fingerprint density at radius 1 is 1.00 bits per heavy atom. The molecular formula is C23H28N8O. The van der Waals surface area contributed by atoms with E-state index in [1.54, 1.807) is 6.07 Å². The van der Waals surface area contributed by atoms with Crippen molar-refractivity contribution in [2.75, 3.05) is 60.3 Å². The molecule has 2 aromatic heterocycles. The minimum absolute atomic E-state index is 0.412. The number of primary amides is 1. The third kappa shape index (κ3) is 4.88. The van der Waals surface area contributed by atoms with Crippen LogP contribution in [-0.4, -0.2) is 61.1 Å². The van der Waals surface area contributed by atoms with Gasteiger partial charge in [-0.1, -0.05) is 17.7 Å². The van der Waals surface area contributed by atoms with E-state index in [9.17, 15) is 4.79 Å². The van der Waals surface area contributed by atoms with Gasteiger partial charge in [-0.25, -0.2) is 4.98 Å². The van der Waals surface area contributed by atoms with Crippen LogP contribution in [0.3, 0.4) is 0 Å². The van der Waals surface area contributed by atoms with Gasteiger partial charge in [0.2, 0.25) is 11.9 Å². The van der Waals surface area contributed by atoms with E-state index in [0.717, 1.165) is 49.3 Å². The summed E-state index contributed by atoms with van der Waals surface area (Å²) in [6.45, 7) is 5.15. The number of piperazine rings is 1. The van der Waals surface area contributed by atoms with Gasteiger partial charge in [-0.05, 0) is 31.2 Å². The Morgan fingerprint density at radius 2 is 1.69 bits per heavy atom. The standard InChI is InChI=1S/C23H28N8O/c1-16-4-7-18(8-5-16)26-19-14-21(29(2)3)28-23(27-19)31-12-10-30(11-13-31)20-9-6-17(15-25-20)22(24)32/h4-9,14-15H,10-13H2,1-3H3,(H2,24,32)(H,26,27,28). The van der Waals surface area contributed by atoms with E-state index in [4.69, 9.17) is 15.7 Å². The molecule has 1 aliphatic rings. The maximum atomic E-state index is 11.3. The number of benzene rings is 1. The molecule has 0 saturated carbocycles. The Hall–Kier alpha value is -3.88. The lowest BCUT2D eigenvalue weighted by molar-refractivity contribution is 0.1000. The molecule has 3 heterocycles. The molecule has 9 nitrogen and oxygen atoms in total. The maximum absolute atomic E-state index is 11.3. The first-order chi connectivity index (χ1) is 15.4. The van der Waals surface area contributed by atoms with Gasteiger partial charge in [0, 0.05) is 58.2 Å². The van der Waals surface area contributed by atoms with Gasteiger partial charge in [0.15, 0.2) is 0 Å². The van der Waals surface area contributed by atoms with E-state index in [1.807, 2.05) is 43.3 Å². The molecule has 32 heavy (non-hydrogen) atoms. The molecule has 1 aliphatic heterocycles. The third-order valence-electron chi connectivity index (χ3n) is 5.40. The number of nitrogens with one attached hydrogen (secondary N) is 1. The second kappa shape index (κ2) is 9.09. The van der Waals surface area contributed by atoms with Gasteiger partial charge in [-0.2, -0.15) is 9.97 Å². The number of hydrogen-bond acceptors (Lipinski definition) is 8. The van der Waals surface area contributed by atoms with E-state index in [2.05, 4.69) is 39.2 Å². The molecule has 3 N–H and O–H groups in total. The number of nitrogens with zero attached hydrogens (tertiary/aromatic N) is 6. The van der Waals surface area contributed by atoms with E-state index < -0.39 is 5.91 Å². The number of hydrogen-bond donors (Lipinski definition) is 2. The summed E-state index contributed by atoms with van der Waals surface area (Å²) in [7, 11) is 3.95. The summed E-state index contributed by atoms with van der Waals surface area (Å²) in [5.41, 5.74) is 7.91. The maximum Gasteiger partial charge on any atom is 0.250 e. The zero-order valence-corrected chi connectivity index (χ0v) is 18.6. The summed E-state index contributed by atoms with van der Waals surface area (Å²) >= 11 is 0. The Kier molecular flexibility index (Phi) is 6.07. The summed E-state index contributed by atoms with van der Waals surface area (Å²) in [5, 5.41) is 3.39. The number of pyridine rings is 1. The number of aryl methyl sites for hydroxylation is 1. The van der Waals surface area contributed by atoms with Crippen LogP contribution in [0.25, 0.3) is 0 Å². The number of aromatic nitrogens is 3.